The van der Waals surface area contributed by atoms with Gasteiger partial charge in [-0.05, 0) is 31.5 Å². The van der Waals surface area contributed by atoms with Crippen LogP contribution in [0, 0.1) is 0 Å². The van der Waals surface area contributed by atoms with Crippen molar-refractivity contribution in [2.45, 2.75) is 20.3 Å². The van der Waals surface area contributed by atoms with E-state index in [-0.39, 0.29) is 25.4 Å². The molecule has 0 unspecified atom stereocenters. The summed E-state index contributed by atoms with van der Waals surface area (Å²) >= 11 is 6.06. The van der Waals surface area contributed by atoms with Crippen LogP contribution in [-0.4, -0.2) is 19.0 Å². The Morgan fingerprint density at radius 3 is 2.25 bits per heavy atom. The second kappa shape index (κ2) is 8.59. The second-order valence-electron chi connectivity index (χ2n) is 5.07. The van der Waals surface area contributed by atoms with Crippen LogP contribution in [-0.2, 0) is 20.0 Å². The lowest BCUT2D eigenvalue weighted by Crippen LogP contribution is -2.18. The van der Waals surface area contributed by atoms with Crippen molar-refractivity contribution < 1.29 is 18.4 Å². The van der Waals surface area contributed by atoms with E-state index in [2.05, 4.69) is 0 Å². The molecule has 2 rings (SSSR count). The van der Waals surface area contributed by atoms with E-state index in [1.165, 1.54) is 0 Å². The van der Waals surface area contributed by atoms with E-state index in [1.807, 2.05) is 6.07 Å². The van der Waals surface area contributed by atoms with Gasteiger partial charge in [0.15, 0.2) is 5.78 Å². The molecule has 128 valence electrons. The monoisotopic (exact) mass is 366 g/mol. The van der Waals surface area contributed by atoms with Crippen LogP contribution in [0.1, 0.15) is 29.8 Å². The Bertz CT molecular complexity index is 736. The summed E-state index contributed by atoms with van der Waals surface area (Å²) in [5.41, 5.74) is 1.19. The van der Waals surface area contributed by atoms with Gasteiger partial charge < -0.3 is 9.05 Å². The average molecular weight is 367 g/mol. The standard InChI is InChI=1S/C18H20ClO4P/c1-3-22-24(21,23-4-2)18-13-16(19)11-10-15(18)12-17(20)14-8-6-5-7-9-14/h5-11,13H,3-4,12H2,1-2H3. The maximum atomic E-state index is 13.1. The normalized spacial score (nSPS) is 11.5. The van der Waals surface area contributed by atoms with E-state index in [4.69, 9.17) is 20.6 Å². The van der Waals surface area contributed by atoms with Crippen molar-refractivity contribution in [1.29, 1.82) is 0 Å². The summed E-state index contributed by atoms with van der Waals surface area (Å²) in [6.45, 7) is 3.95. The van der Waals surface area contributed by atoms with Gasteiger partial charge in [0, 0.05) is 17.0 Å². The highest BCUT2D eigenvalue weighted by Crippen LogP contribution is 2.48. The SMILES string of the molecule is CCOP(=O)(OCC)c1cc(Cl)ccc1CC(=O)c1ccccc1. The van der Waals surface area contributed by atoms with Crippen molar-refractivity contribution in [2.24, 2.45) is 0 Å². The van der Waals surface area contributed by atoms with Gasteiger partial charge in [0.05, 0.1) is 18.5 Å². The van der Waals surface area contributed by atoms with Gasteiger partial charge in [-0.1, -0.05) is 48.0 Å². The van der Waals surface area contributed by atoms with Crippen LogP contribution in [0.15, 0.2) is 48.5 Å². The number of Topliss-reactive ketones (excluding diaryl/α,β-unsaturated/α-hetero) is 1. The van der Waals surface area contributed by atoms with Crippen molar-refractivity contribution in [3.63, 3.8) is 0 Å². The van der Waals surface area contributed by atoms with E-state index in [1.54, 1.807) is 56.3 Å². The summed E-state index contributed by atoms with van der Waals surface area (Å²) in [4.78, 5) is 12.5. The fraction of sp³-hybridized carbons (Fsp3) is 0.278. The third-order valence-corrected chi connectivity index (χ3v) is 5.83. The van der Waals surface area contributed by atoms with Crippen molar-refractivity contribution in [3.8, 4) is 0 Å². The van der Waals surface area contributed by atoms with E-state index >= 15 is 0 Å². The zero-order chi connectivity index (χ0) is 17.6. The smallest absolute Gasteiger partial charge is 0.305 e. The van der Waals surface area contributed by atoms with E-state index in [0.717, 1.165) is 0 Å². The molecule has 0 radical (unpaired) electrons. The number of rotatable bonds is 8. The van der Waals surface area contributed by atoms with Crippen LogP contribution in [0.4, 0.5) is 0 Å². The minimum absolute atomic E-state index is 0.0706. The summed E-state index contributed by atoms with van der Waals surface area (Å²) in [6.07, 6.45) is 0.0979. The average Bonchev–Trinajstić information content (AvgIpc) is 2.57. The Morgan fingerprint density at radius 2 is 1.67 bits per heavy atom. The molecular weight excluding hydrogens is 347 g/mol. The first-order chi connectivity index (χ1) is 11.5. The number of carbonyl (C=O) groups is 1. The van der Waals surface area contributed by atoms with Gasteiger partial charge >= 0.3 is 7.60 Å². The zero-order valence-corrected chi connectivity index (χ0v) is 15.3. The van der Waals surface area contributed by atoms with Crippen molar-refractivity contribution >= 4 is 30.3 Å². The molecule has 4 nitrogen and oxygen atoms in total. The number of halogens is 1. The molecule has 2 aromatic carbocycles. The summed E-state index contributed by atoms with van der Waals surface area (Å²) < 4.78 is 23.9. The predicted octanol–water partition coefficient (Wildman–Crippen LogP) is 4.66. The highest BCUT2D eigenvalue weighted by molar-refractivity contribution is 7.62. The third kappa shape index (κ3) is 4.55. The lowest BCUT2D eigenvalue weighted by atomic mass is 10.0. The summed E-state index contributed by atoms with van der Waals surface area (Å²) in [6, 6.07) is 13.9. The minimum Gasteiger partial charge on any atom is -0.305 e. The lowest BCUT2D eigenvalue weighted by molar-refractivity contribution is 0.0993. The molecule has 0 aliphatic heterocycles. The number of hydrogen-bond donors (Lipinski definition) is 0. The van der Waals surface area contributed by atoms with Gasteiger partial charge in [-0.25, -0.2) is 0 Å². The van der Waals surface area contributed by atoms with Crippen molar-refractivity contribution in [2.75, 3.05) is 13.2 Å². The number of ketones is 1. The van der Waals surface area contributed by atoms with Gasteiger partial charge in [0.25, 0.3) is 0 Å². The highest BCUT2D eigenvalue weighted by Gasteiger charge is 2.30. The van der Waals surface area contributed by atoms with Crippen molar-refractivity contribution in [3.05, 3.63) is 64.7 Å². The van der Waals surface area contributed by atoms with Crippen molar-refractivity contribution in [1.82, 2.24) is 0 Å². The number of benzene rings is 2. The molecule has 0 N–H and O–H groups in total. The summed E-state index contributed by atoms with van der Waals surface area (Å²) in [5.74, 6) is -0.0706. The molecule has 0 saturated carbocycles. The fourth-order valence-corrected chi connectivity index (χ4v) is 4.44. The Balaban J connectivity index is 2.40. The maximum Gasteiger partial charge on any atom is 0.361 e. The minimum atomic E-state index is -3.52. The summed E-state index contributed by atoms with van der Waals surface area (Å²) in [7, 11) is -3.52. The zero-order valence-electron chi connectivity index (χ0n) is 13.7. The molecule has 0 fully saturated rings. The first-order valence-corrected chi connectivity index (χ1v) is 9.68. The first-order valence-electron chi connectivity index (χ1n) is 7.76. The highest BCUT2D eigenvalue weighted by atomic mass is 35.5. The Morgan fingerprint density at radius 1 is 1.04 bits per heavy atom. The number of carbonyl (C=O) groups excluding carboxylic acids is 1. The van der Waals surface area contributed by atoms with Gasteiger partial charge in [0.2, 0.25) is 0 Å². The Labute approximate surface area is 147 Å². The maximum absolute atomic E-state index is 13.1. The predicted molar refractivity (Wildman–Crippen MR) is 96.4 cm³/mol. The number of hydrogen-bond acceptors (Lipinski definition) is 4. The molecule has 0 aromatic heterocycles. The van der Waals surface area contributed by atoms with Gasteiger partial charge in [-0.3, -0.25) is 9.36 Å². The lowest BCUT2D eigenvalue weighted by Gasteiger charge is -2.20. The van der Waals surface area contributed by atoms with Crippen LogP contribution in [0.3, 0.4) is 0 Å². The van der Waals surface area contributed by atoms with Gasteiger partial charge in [-0.2, -0.15) is 0 Å². The largest absolute Gasteiger partial charge is 0.361 e. The van der Waals surface area contributed by atoms with E-state index in [9.17, 15) is 9.36 Å². The molecule has 6 heteroatoms. The molecule has 0 spiro atoms. The molecule has 0 bridgehead atoms. The van der Waals surface area contributed by atoms with Crippen LogP contribution >= 0.6 is 19.2 Å². The summed E-state index contributed by atoms with van der Waals surface area (Å²) in [5, 5.41) is 0.767. The molecule has 0 aliphatic carbocycles. The topological polar surface area (TPSA) is 52.6 Å². The molecule has 0 aliphatic rings. The van der Waals surface area contributed by atoms with E-state index < -0.39 is 7.60 Å². The van der Waals surface area contributed by atoms with Crippen LogP contribution in [0.2, 0.25) is 5.02 Å². The molecular formula is C18H20ClO4P. The van der Waals surface area contributed by atoms with Gasteiger partial charge in [0.1, 0.15) is 0 Å². The Hall–Kier alpha value is -1.45. The van der Waals surface area contributed by atoms with Gasteiger partial charge in [-0.15, -0.1) is 0 Å². The van der Waals surface area contributed by atoms with Crippen LogP contribution < -0.4 is 5.30 Å². The molecule has 0 heterocycles. The Kier molecular flexibility index (Phi) is 6.76. The van der Waals surface area contributed by atoms with Crippen LogP contribution in [0.25, 0.3) is 0 Å². The molecule has 0 saturated heterocycles. The first kappa shape index (κ1) is 18.9. The molecule has 0 atom stereocenters. The van der Waals surface area contributed by atoms with E-state index in [0.29, 0.717) is 21.5 Å². The second-order valence-corrected chi connectivity index (χ2v) is 7.50. The quantitative estimate of drug-likeness (QED) is 0.503. The molecule has 24 heavy (non-hydrogen) atoms. The van der Waals surface area contributed by atoms with Crippen LogP contribution in [0.5, 0.6) is 0 Å². The third-order valence-electron chi connectivity index (χ3n) is 3.39. The fourth-order valence-electron chi connectivity index (χ4n) is 2.36. The molecule has 2 aromatic rings. The molecule has 0 amide bonds.